The number of ether oxygens (including phenoxy) is 2. The van der Waals surface area contributed by atoms with Gasteiger partial charge in [-0.15, -0.1) is 0 Å². The van der Waals surface area contributed by atoms with Crippen LogP contribution >= 0.6 is 0 Å². The molecule has 0 aliphatic rings. The summed E-state index contributed by atoms with van der Waals surface area (Å²) in [6, 6.07) is 0. The molecule has 0 aromatic heterocycles. The van der Waals surface area contributed by atoms with Crippen LogP contribution in [0.2, 0.25) is 0 Å². The van der Waals surface area contributed by atoms with E-state index < -0.39 is 6.10 Å². The molecule has 0 radical (unpaired) electrons. The van der Waals surface area contributed by atoms with Gasteiger partial charge in [-0.05, 0) is 103 Å². The lowest BCUT2D eigenvalue weighted by molar-refractivity contribution is -0.161. The Hall–Kier alpha value is -3.70. The van der Waals surface area contributed by atoms with Crippen molar-refractivity contribution >= 4 is 11.9 Å². The molecule has 0 spiro atoms. The second kappa shape index (κ2) is 52.6. The van der Waals surface area contributed by atoms with E-state index in [1.54, 1.807) is 0 Å². The molecule has 0 saturated heterocycles. The van der Waals surface area contributed by atoms with E-state index in [9.17, 15) is 14.7 Å². The Morgan fingerprint density at radius 3 is 1.05 bits per heavy atom. The average molecular weight is 871 g/mol. The molecule has 1 atom stereocenters. The number of allylic oxidation sites excluding steroid dienone is 20. The van der Waals surface area contributed by atoms with Crippen molar-refractivity contribution in [2.75, 3.05) is 13.2 Å². The fourth-order valence-corrected chi connectivity index (χ4v) is 6.67. The van der Waals surface area contributed by atoms with E-state index >= 15 is 0 Å². The second-order valence-electron chi connectivity index (χ2n) is 16.5. The third-order valence-electron chi connectivity index (χ3n) is 10.5. The third-order valence-corrected chi connectivity index (χ3v) is 10.5. The van der Waals surface area contributed by atoms with Gasteiger partial charge >= 0.3 is 11.9 Å². The van der Waals surface area contributed by atoms with Crippen LogP contribution in [0, 0.1) is 0 Å². The number of aliphatic hydroxyl groups is 1. The highest BCUT2D eigenvalue weighted by atomic mass is 16.6. The van der Waals surface area contributed by atoms with E-state index in [0.717, 1.165) is 109 Å². The minimum absolute atomic E-state index is 0.0766. The highest BCUT2D eigenvalue weighted by Gasteiger charge is 2.16. The normalized spacial score (nSPS) is 13.3. The maximum absolute atomic E-state index is 12.2. The van der Waals surface area contributed by atoms with Crippen LogP contribution in [-0.4, -0.2) is 36.4 Å². The van der Waals surface area contributed by atoms with E-state index in [1.807, 2.05) is 0 Å². The van der Waals surface area contributed by atoms with Crippen LogP contribution in [0.15, 0.2) is 122 Å². The predicted octanol–water partition coefficient (Wildman–Crippen LogP) is 17.1. The molecule has 0 rings (SSSR count). The van der Waals surface area contributed by atoms with E-state index in [1.165, 1.54) is 77.0 Å². The lowest BCUT2D eigenvalue weighted by atomic mass is 10.0. The SMILES string of the molecule is CC/C=C\C/C=C\C/C=C\C/C=C\C/C=C\C/C=C\C/C=C\C/C=C\C/C=C\CCCCCCCCCCCCCC(=O)OC(CO)COC(=O)CCCCCCC/C=C\CCC. The van der Waals surface area contributed by atoms with Crippen molar-refractivity contribution in [2.24, 2.45) is 0 Å². The standard InChI is InChI=1S/C58H94O5/c1-3-5-7-9-11-13-15-16-17-18-19-20-21-22-23-24-25-26-27-28-29-30-31-32-33-34-35-36-37-38-39-40-41-42-43-45-47-49-51-53-58(61)63-56(54-59)55-62-57(60)52-50-48-46-44-14-12-10-8-6-4-2/h5,7-8,10-11,13,16-17,19-20,22-23,25-26,28-29,31-32,34-35,56,59H,3-4,6,9,12,14-15,18,21,24,27,30,33,36-55H2,1-2H3/b7-5-,10-8-,13-11-,17-16-,20-19-,23-22-,26-25-,29-28-,32-31-,35-34-. The quantitative estimate of drug-likeness (QED) is 0.0375. The fraction of sp³-hybridized carbons (Fsp3) is 0.621. The van der Waals surface area contributed by atoms with Gasteiger partial charge in [0.2, 0.25) is 0 Å². The Morgan fingerprint density at radius 2 is 0.683 bits per heavy atom. The van der Waals surface area contributed by atoms with Crippen molar-refractivity contribution in [3.05, 3.63) is 122 Å². The Morgan fingerprint density at radius 1 is 0.381 bits per heavy atom. The summed E-state index contributed by atoms with van der Waals surface area (Å²) in [5.74, 6) is -0.614. The van der Waals surface area contributed by atoms with Crippen LogP contribution in [0.4, 0.5) is 0 Å². The molecule has 5 heteroatoms. The van der Waals surface area contributed by atoms with E-state index in [-0.39, 0.29) is 25.2 Å². The summed E-state index contributed by atoms with van der Waals surface area (Å²) in [6.45, 7) is 3.94. The molecular formula is C58H94O5. The number of carbonyl (C=O) groups is 2. The predicted molar refractivity (Wildman–Crippen MR) is 274 cm³/mol. The largest absolute Gasteiger partial charge is 0.462 e. The fourth-order valence-electron chi connectivity index (χ4n) is 6.67. The molecule has 0 bridgehead atoms. The van der Waals surface area contributed by atoms with Crippen molar-refractivity contribution < 1.29 is 24.2 Å². The molecule has 0 aromatic carbocycles. The number of unbranched alkanes of at least 4 members (excludes halogenated alkanes) is 17. The Bertz CT molecular complexity index is 1310. The van der Waals surface area contributed by atoms with Crippen LogP contribution in [-0.2, 0) is 19.1 Å². The lowest BCUT2D eigenvalue weighted by Crippen LogP contribution is -2.28. The molecule has 0 aliphatic carbocycles. The number of rotatable bonds is 45. The van der Waals surface area contributed by atoms with Crippen molar-refractivity contribution in [2.45, 2.75) is 219 Å². The zero-order valence-corrected chi connectivity index (χ0v) is 40.5. The van der Waals surface area contributed by atoms with Crippen LogP contribution in [0.25, 0.3) is 0 Å². The van der Waals surface area contributed by atoms with Crippen molar-refractivity contribution in [1.29, 1.82) is 0 Å². The van der Waals surface area contributed by atoms with Crippen molar-refractivity contribution in [1.82, 2.24) is 0 Å². The number of hydrogen-bond acceptors (Lipinski definition) is 5. The zero-order chi connectivity index (χ0) is 45.6. The first kappa shape index (κ1) is 59.3. The first-order valence-electron chi connectivity index (χ1n) is 25.6. The van der Waals surface area contributed by atoms with Crippen molar-refractivity contribution in [3.63, 3.8) is 0 Å². The summed E-state index contributed by atoms with van der Waals surface area (Å²) >= 11 is 0. The number of hydrogen-bond donors (Lipinski definition) is 1. The second-order valence-corrected chi connectivity index (χ2v) is 16.5. The first-order chi connectivity index (χ1) is 31.1. The Labute approximate surface area is 388 Å². The van der Waals surface area contributed by atoms with E-state index in [4.69, 9.17) is 9.47 Å². The highest BCUT2D eigenvalue weighted by Crippen LogP contribution is 2.14. The van der Waals surface area contributed by atoms with Gasteiger partial charge in [-0.1, -0.05) is 219 Å². The summed E-state index contributed by atoms with van der Waals surface area (Å²) in [6.07, 6.45) is 77.4. The molecule has 0 aliphatic heterocycles. The van der Waals surface area contributed by atoms with E-state index in [0.29, 0.717) is 12.8 Å². The van der Waals surface area contributed by atoms with Crippen LogP contribution in [0.5, 0.6) is 0 Å². The topological polar surface area (TPSA) is 72.8 Å². The molecule has 0 heterocycles. The molecule has 5 nitrogen and oxygen atoms in total. The van der Waals surface area contributed by atoms with Gasteiger partial charge < -0.3 is 14.6 Å². The monoisotopic (exact) mass is 871 g/mol. The highest BCUT2D eigenvalue weighted by molar-refractivity contribution is 5.70. The molecular weight excluding hydrogens is 777 g/mol. The van der Waals surface area contributed by atoms with Gasteiger partial charge in [-0.3, -0.25) is 9.59 Å². The summed E-state index contributed by atoms with van der Waals surface area (Å²) in [5, 5.41) is 9.58. The average Bonchev–Trinajstić information content (AvgIpc) is 3.29. The lowest BCUT2D eigenvalue weighted by Gasteiger charge is -2.15. The minimum atomic E-state index is -0.782. The summed E-state index contributed by atoms with van der Waals surface area (Å²) in [5.41, 5.74) is 0. The Balaban J connectivity index is 3.56. The molecule has 63 heavy (non-hydrogen) atoms. The Kier molecular flexibility index (Phi) is 49.6. The molecule has 1 N–H and O–H groups in total. The molecule has 356 valence electrons. The molecule has 1 unspecified atom stereocenters. The zero-order valence-electron chi connectivity index (χ0n) is 40.5. The third kappa shape index (κ3) is 50.8. The maximum Gasteiger partial charge on any atom is 0.306 e. The van der Waals surface area contributed by atoms with Gasteiger partial charge in [-0.25, -0.2) is 0 Å². The first-order valence-corrected chi connectivity index (χ1v) is 25.6. The van der Waals surface area contributed by atoms with Gasteiger partial charge in [0.15, 0.2) is 6.10 Å². The van der Waals surface area contributed by atoms with Gasteiger partial charge in [-0.2, -0.15) is 0 Å². The number of carbonyl (C=O) groups excluding carboxylic acids is 2. The van der Waals surface area contributed by atoms with Gasteiger partial charge in [0.25, 0.3) is 0 Å². The minimum Gasteiger partial charge on any atom is -0.462 e. The molecule has 0 amide bonds. The molecule has 0 fully saturated rings. The number of esters is 2. The van der Waals surface area contributed by atoms with Gasteiger partial charge in [0, 0.05) is 12.8 Å². The van der Waals surface area contributed by atoms with Gasteiger partial charge in [0.05, 0.1) is 6.61 Å². The van der Waals surface area contributed by atoms with Crippen LogP contribution in [0.1, 0.15) is 213 Å². The van der Waals surface area contributed by atoms with Crippen molar-refractivity contribution in [3.8, 4) is 0 Å². The summed E-state index contributed by atoms with van der Waals surface area (Å²) < 4.78 is 10.6. The van der Waals surface area contributed by atoms with Crippen LogP contribution < -0.4 is 0 Å². The smallest absolute Gasteiger partial charge is 0.306 e. The van der Waals surface area contributed by atoms with E-state index in [2.05, 4.69) is 135 Å². The number of aliphatic hydroxyl groups excluding tert-OH is 1. The summed E-state index contributed by atoms with van der Waals surface area (Å²) in [4.78, 5) is 24.3. The molecule has 0 saturated carbocycles. The summed E-state index contributed by atoms with van der Waals surface area (Å²) in [7, 11) is 0. The van der Waals surface area contributed by atoms with Gasteiger partial charge in [0.1, 0.15) is 6.61 Å². The maximum atomic E-state index is 12.2. The molecule has 0 aromatic rings. The van der Waals surface area contributed by atoms with Crippen LogP contribution in [0.3, 0.4) is 0 Å².